The van der Waals surface area contributed by atoms with Crippen molar-refractivity contribution < 1.29 is 27.4 Å². The number of ether oxygens (including phenoxy) is 2. The van der Waals surface area contributed by atoms with E-state index in [0.29, 0.717) is 32.6 Å². The van der Waals surface area contributed by atoms with Crippen LogP contribution in [-0.4, -0.2) is 85.7 Å². The van der Waals surface area contributed by atoms with Crippen LogP contribution in [0.2, 0.25) is 0 Å². The predicted molar refractivity (Wildman–Crippen MR) is 79.3 cm³/mol. The lowest BCUT2D eigenvalue weighted by Gasteiger charge is -2.47. The number of carbonyl (C=O) groups is 1. The zero-order valence-electron chi connectivity index (χ0n) is 13.7. The minimum Gasteiger partial charge on any atom is -0.379 e. The number of nitrogens with one attached hydrogen (secondary N) is 1. The lowest BCUT2D eigenvalue weighted by atomic mass is 9.97. The van der Waals surface area contributed by atoms with Gasteiger partial charge in [-0.05, 0) is 13.3 Å². The maximum absolute atomic E-state index is 13.3. The van der Waals surface area contributed by atoms with Gasteiger partial charge in [-0.2, -0.15) is 13.2 Å². The maximum Gasteiger partial charge on any atom is 0.406 e. The van der Waals surface area contributed by atoms with Crippen molar-refractivity contribution in [2.45, 2.75) is 50.2 Å². The van der Waals surface area contributed by atoms with Crippen LogP contribution in [0.4, 0.5) is 13.2 Å². The molecule has 0 aromatic carbocycles. The third kappa shape index (κ3) is 3.84. The number of nitrogens with zero attached hydrogens (tertiary/aromatic N) is 2. The normalized spacial score (nSPS) is 37.2. The SMILES string of the molecule is C[C@@H]1COCCN1C1CC(=O)NC(N2CCOC[C@H]2C(F)(F)F)C1. The van der Waals surface area contributed by atoms with E-state index in [4.69, 9.17) is 9.47 Å². The van der Waals surface area contributed by atoms with E-state index in [1.54, 1.807) is 0 Å². The third-order valence-electron chi connectivity index (χ3n) is 5.08. The summed E-state index contributed by atoms with van der Waals surface area (Å²) in [5, 5.41) is 2.75. The summed E-state index contributed by atoms with van der Waals surface area (Å²) in [5.74, 6) is -0.192. The maximum atomic E-state index is 13.3. The Morgan fingerprint density at radius 1 is 1.12 bits per heavy atom. The first-order valence-corrected chi connectivity index (χ1v) is 8.39. The molecule has 3 aliphatic heterocycles. The van der Waals surface area contributed by atoms with E-state index in [-0.39, 0.29) is 37.7 Å². The molecule has 0 saturated carbocycles. The number of hydrogen-bond donors (Lipinski definition) is 1. The van der Waals surface area contributed by atoms with E-state index in [1.807, 2.05) is 6.92 Å². The second-order valence-electron chi connectivity index (χ2n) is 6.71. The number of rotatable bonds is 2. The van der Waals surface area contributed by atoms with Gasteiger partial charge < -0.3 is 14.8 Å². The highest BCUT2D eigenvalue weighted by Gasteiger charge is 2.49. The van der Waals surface area contributed by atoms with Gasteiger partial charge in [0.25, 0.3) is 0 Å². The van der Waals surface area contributed by atoms with Crippen LogP contribution in [0.3, 0.4) is 0 Å². The third-order valence-corrected chi connectivity index (χ3v) is 5.08. The highest BCUT2D eigenvalue weighted by molar-refractivity contribution is 5.77. The molecule has 1 N–H and O–H groups in total. The Balaban J connectivity index is 1.73. The van der Waals surface area contributed by atoms with Crippen LogP contribution >= 0.6 is 0 Å². The fourth-order valence-electron chi connectivity index (χ4n) is 3.88. The van der Waals surface area contributed by atoms with Gasteiger partial charge in [-0.1, -0.05) is 0 Å². The van der Waals surface area contributed by atoms with Gasteiger partial charge in [0, 0.05) is 31.6 Å². The number of hydrogen-bond acceptors (Lipinski definition) is 5. The first-order valence-electron chi connectivity index (χ1n) is 8.39. The monoisotopic (exact) mass is 351 g/mol. The average molecular weight is 351 g/mol. The topological polar surface area (TPSA) is 54.0 Å². The molecule has 138 valence electrons. The highest BCUT2D eigenvalue weighted by Crippen LogP contribution is 2.31. The van der Waals surface area contributed by atoms with Crippen molar-refractivity contribution in [1.29, 1.82) is 0 Å². The summed E-state index contributed by atoms with van der Waals surface area (Å²) in [4.78, 5) is 15.7. The first-order chi connectivity index (χ1) is 11.4. The molecular weight excluding hydrogens is 327 g/mol. The summed E-state index contributed by atoms with van der Waals surface area (Å²) in [7, 11) is 0. The van der Waals surface area contributed by atoms with E-state index in [0.717, 1.165) is 0 Å². The summed E-state index contributed by atoms with van der Waals surface area (Å²) in [6.07, 6.45) is -4.17. The Kier molecular flexibility index (Phi) is 5.33. The van der Waals surface area contributed by atoms with Crippen LogP contribution in [0, 0.1) is 0 Å². The van der Waals surface area contributed by atoms with Gasteiger partial charge in [-0.25, -0.2) is 0 Å². The molecular formula is C15H24F3N3O3. The molecule has 3 fully saturated rings. The van der Waals surface area contributed by atoms with Crippen LogP contribution in [0.15, 0.2) is 0 Å². The molecule has 6 nitrogen and oxygen atoms in total. The van der Waals surface area contributed by atoms with E-state index in [9.17, 15) is 18.0 Å². The van der Waals surface area contributed by atoms with Gasteiger partial charge >= 0.3 is 6.18 Å². The Hall–Kier alpha value is -0.900. The second kappa shape index (κ2) is 7.15. The quantitative estimate of drug-likeness (QED) is 0.789. The molecule has 0 aromatic heterocycles. The molecule has 1 amide bonds. The van der Waals surface area contributed by atoms with E-state index < -0.39 is 18.4 Å². The summed E-state index contributed by atoms with van der Waals surface area (Å²) < 4.78 is 50.3. The Labute approximate surface area is 139 Å². The van der Waals surface area contributed by atoms with Crippen LogP contribution in [-0.2, 0) is 14.3 Å². The molecule has 9 heteroatoms. The van der Waals surface area contributed by atoms with Crippen LogP contribution in [0.25, 0.3) is 0 Å². The van der Waals surface area contributed by atoms with Crippen LogP contribution < -0.4 is 5.32 Å². The van der Waals surface area contributed by atoms with Gasteiger partial charge in [0.15, 0.2) is 0 Å². The van der Waals surface area contributed by atoms with Crippen LogP contribution in [0.5, 0.6) is 0 Å². The van der Waals surface area contributed by atoms with Crippen LogP contribution in [0.1, 0.15) is 19.8 Å². The molecule has 0 radical (unpaired) electrons. The highest BCUT2D eigenvalue weighted by atomic mass is 19.4. The van der Waals surface area contributed by atoms with Crippen molar-refractivity contribution in [3.8, 4) is 0 Å². The van der Waals surface area contributed by atoms with Crippen molar-refractivity contribution in [1.82, 2.24) is 15.1 Å². The molecule has 0 aliphatic carbocycles. The smallest absolute Gasteiger partial charge is 0.379 e. The molecule has 2 unspecified atom stereocenters. The van der Waals surface area contributed by atoms with E-state index in [1.165, 1.54) is 4.90 Å². The van der Waals surface area contributed by atoms with Gasteiger partial charge in [-0.15, -0.1) is 0 Å². The summed E-state index contributed by atoms with van der Waals surface area (Å²) >= 11 is 0. The second-order valence-corrected chi connectivity index (χ2v) is 6.71. The number of morpholine rings is 2. The molecule has 4 atom stereocenters. The Morgan fingerprint density at radius 3 is 2.46 bits per heavy atom. The largest absolute Gasteiger partial charge is 0.406 e. The first kappa shape index (κ1) is 17.9. The molecule has 3 aliphatic rings. The van der Waals surface area contributed by atoms with Crippen molar-refractivity contribution in [3.05, 3.63) is 0 Å². The Bertz CT molecular complexity index is 463. The van der Waals surface area contributed by atoms with E-state index >= 15 is 0 Å². The fraction of sp³-hybridized carbons (Fsp3) is 0.933. The summed E-state index contributed by atoms with van der Waals surface area (Å²) in [6, 6.07) is -1.56. The summed E-state index contributed by atoms with van der Waals surface area (Å²) in [6.45, 7) is 3.94. The van der Waals surface area contributed by atoms with Crippen molar-refractivity contribution >= 4 is 5.91 Å². The number of piperidine rings is 1. The zero-order chi connectivity index (χ0) is 17.3. The Morgan fingerprint density at radius 2 is 1.79 bits per heavy atom. The van der Waals surface area contributed by atoms with Gasteiger partial charge in [0.05, 0.1) is 32.6 Å². The average Bonchev–Trinajstić information content (AvgIpc) is 2.54. The lowest BCUT2D eigenvalue weighted by Crippen LogP contribution is -2.65. The molecule has 0 spiro atoms. The number of carbonyl (C=O) groups excluding carboxylic acids is 1. The van der Waals surface area contributed by atoms with Gasteiger partial charge in [-0.3, -0.25) is 14.6 Å². The minimum atomic E-state index is -4.37. The number of alkyl halides is 3. The molecule has 0 aromatic rings. The van der Waals surface area contributed by atoms with Crippen molar-refractivity contribution in [2.24, 2.45) is 0 Å². The molecule has 24 heavy (non-hydrogen) atoms. The molecule has 3 saturated heterocycles. The summed E-state index contributed by atoms with van der Waals surface area (Å²) in [5.41, 5.74) is 0. The fourth-order valence-corrected chi connectivity index (χ4v) is 3.88. The van der Waals surface area contributed by atoms with Gasteiger partial charge in [0.2, 0.25) is 5.91 Å². The molecule has 3 rings (SSSR count). The van der Waals surface area contributed by atoms with Crippen molar-refractivity contribution in [2.75, 3.05) is 39.5 Å². The lowest BCUT2D eigenvalue weighted by molar-refractivity contribution is -0.223. The minimum absolute atomic E-state index is 0.0561. The zero-order valence-corrected chi connectivity index (χ0v) is 13.7. The van der Waals surface area contributed by atoms with Crippen molar-refractivity contribution in [3.63, 3.8) is 0 Å². The number of amides is 1. The molecule has 3 heterocycles. The number of halogens is 3. The standard InChI is InChI=1S/C15H24F3N3O3/c1-10-8-23-4-2-20(10)11-6-13(19-14(22)7-11)21-3-5-24-9-12(21)15(16,17)18/h10-13H,2-9H2,1H3,(H,19,22)/t10-,11?,12+,13?/m1/s1. The van der Waals surface area contributed by atoms with Gasteiger partial charge in [0.1, 0.15) is 6.04 Å². The van der Waals surface area contributed by atoms with E-state index in [2.05, 4.69) is 10.2 Å². The predicted octanol–water partition coefficient (Wildman–Crippen LogP) is 0.575. The molecule has 0 bridgehead atoms.